The highest BCUT2D eigenvalue weighted by Gasteiger charge is 2.24. The van der Waals surface area contributed by atoms with Crippen molar-refractivity contribution in [3.05, 3.63) is 29.8 Å². The van der Waals surface area contributed by atoms with E-state index in [-0.39, 0.29) is 30.9 Å². The number of nitrogens with one attached hydrogen (secondary N) is 2. The average Bonchev–Trinajstić information content (AvgIpc) is 3.37. The quantitative estimate of drug-likeness (QED) is 0.678. The van der Waals surface area contributed by atoms with E-state index in [1.54, 1.807) is 11.9 Å². The molecule has 1 unspecified atom stereocenters. The predicted octanol–water partition coefficient (Wildman–Crippen LogP) is 1.86. The molecule has 0 spiro atoms. The van der Waals surface area contributed by atoms with Crippen molar-refractivity contribution in [2.24, 2.45) is 0 Å². The first-order chi connectivity index (χ1) is 12.0. The summed E-state index contributed by atoms with van der Waals surface area (Å²) < 4.78 is 5.66. The molecule has 6 heteroatoms. The first kappa shape index (κ1) is 19.2. The van der Waals surface area contributed by atoms with Crippen molar-refractivity contribution in [2.45, 2.75) is 45.2 Å². The van der Waals surface area contributed by atoms with Crippen molar-refractivity contribution in [3.63, 3.8) is 0 Å². The smallest absolute Gasteiger partial charge is 0.234 e. The largest absolute Gasteiger partial charge is 0.494 e. The Bertz CT molecular complexity index is 587. The van der Waals surface area contributed by atoms with E-state index in [2.05, 4.69) is 10.6 Å². The third-order valence-electron chi connectivity index (χ3n) is 4.11. The van der Waals surface area contributed by atoms with Crippen LogP contribution in [0.1, 0.15) is 44.7 Å². The van der Waals surface area contributed by atoms with Crippen molar-refractivity contribution in [3.8, 4) is 5.75 Å². The zero-order valence-corrected chi connectivity index (χ0v) is 15.4. The van der Waals surface area contributed by atoms with E-state index < -0.39 is 0 Å². The minimum absolute atomic E-state index is 0.0217. The maximum Gasteiger partial charge on any atom is 0.234 e. The highest BCUT2D eigenvalue weighted by molar-refractivity contribution is 5.81. The van der Waals surface area contributed by atoms with Gasteiger partial charge in [0.05, 0.1) is 25.7 Å². The second kappa shape index (κ2) is 9.42. The number of carbonyl (C=O) groups excluding carboxylic acids is 2. The number of ether oxygens (including phenoxy) is 1. The van der Waals surface area contributed by atoms with Crippen LogP contribution in [-0.2, 0) is 9.59 Å². The first-order valence-electron chi connectivity index (χ1n) is 9.02. The van der Waals surface area contributed by atoms with Gasteiger partial charge in [-0.15, -0.1) is 0 Å². The summed E-state index contributed by atoms with van der Waals surface area (Å²) in [6.07, 6.45) is 2.89. The lowest BCUT2D eigenvalue weighted by atomic mass is 10.0. The van der Waals surface area contributed by atoms with Crippen molar-refractivity contribution in [1.82, 2.24) is 15.5 Å². The molecule has 2 N–H and O–H groups in total. The minimum Gasteiger partial charge on any atom is -0.494 e. The third-order valence-corrected chi connectivity index (χ3v) is 4.11. The van der Waals surface area contributed by atoms with E-state index >= 15 is 0 Å². The molecule has 138 valence electrons. The van der Waals surface area contributed by atoms with Crippen LogP contribution < -0.4 is 15.4 Å². The van der Waals surface area contributed by atoms with Crippen LogP contribution in [0.3, 0.4) is 0 Å². The fourth-order valence-electron chi connectivity index (χ4n) is 2.74. The zero-order chi connectivity index (χ0) is 18.2. The van der Waals surface area contributed by atoms with Gasteiger partial charge < -0.3 is 15.4 Å². The Morgan fingerprint density at radius 2 is 1.88 bits per heavy atom. The maximum absolute atomic E-state index is 12.4. The van der Waals surface area contributed by atoms with Crippen LogP contribution in [-0.4, -0.2) is 49.5 Å². The lowest BCUT2D eigenvalue weighted by Crippen LogP contribution is -2.42. The van der Waals surface area contributed by atoms with E-state index in [1.165, 1.54) is 0 Å². The molecule has 1 fully saturated rings. The van der Waals surface area contributed by atoms with Gasteiger partial charge in [0.15, 0.2) is 0 Å². The average molecular weight is 347 g/mol. The van der Waals surface area contributed by atoms with E-state index in [4.69, 9.17) is 4.74 Å². The molecular formula is C19H29N3O3. The number of nitrogens with zero attached hydrogens (tertiary/aromatic N) is 1. The Balaban J connectivity index is 1.87. The zero-order valence-electron chi connectivity index (χ0n) is 15.4. The minimum atomic E-state index is -0.107. The van der Waals surface area contributed by atoms with E-state index in [9.17, 15) is 9.59 Å². The van der Waals surface area contributed by atoms with Crippen LogP contribution >= 0.6 is 0 Å². The lowest BCUT2D eigenvalue weighted by molar-refractivity contribution is -0.125. The number of benzene rings is 1. The highest BCUT2D eigenvalue weighted by Crippen LogP contribution is 2.27. The monoisotopic (exact) mass is 347 g/mol. The van der Waals surface area contributed by atoms with E-state index in [0.717, 1.165) is 30.6 Å². The number of rotatable bonds is 10. The van der Waals surface area contributed by atoms with Gasteiger partial charge in [-0.1, -0.05) is 25.1 Å². The topological polar surface area (TPSA) is 70.7 Å². The van der Waals surface area contributed by atoms with Crippen LogP contribution in [0.5, 0.6) is 5.75 Å². The molecule has 0 saturated heterocycles. The second-order valence-corrected chi connectivity index (χ2v) is 6.51. The lowest BCUT2D eigenvalue weighted by Gasteiger charge is -2.22. The molecule has 1 aromatic carbocycles. The Hall–Kier alpha value is -2.08. The van der Waals surface area contributed by atoms with Crippen LogP contribution in [0.15, 0.2) is 24.3 Å². The number of carbonyl (C=O) groups is 2. The molecule has 0 heterocycles. The van der Waals surface area contributed by atoms with Gasteiger partial charge in [0.1, 0.15) is 5.75 Å². The van der Waals surface area contributed by atoms with Gasteiger partial charge in [-0.05, 0) is 39.3 Å². The summed E-state index contributed by atoms with van der Waals surface area (Å²) in [5, 5.41) is 5.98. The molecule has 0 aliphatic heterocycles. The van der Waals surface area contributed by atoms with Gasteiger partial charge >= 0.3 is 0 Å². The van der Waals surface area contributed by atoms with Crippen molar-refractivity contribution < 1.29 is 14.3 Å². The molecule has 0 bridgehead atoms. The number of hydrogen-bond acceptors (Lipinski definition) is 4. The fourth-order valence-corrected chi connectivity index (χ4v) is 2.74. The molecule has 1 aliphatic carbocycles. The normalized spacial score (nSPS) is 14.9. The summed E-state index contributed by atoms with van der Waals surface area (Å²) in [6, 6.07) is 8.00. The van der Waals surface area contributed by atoms with Crippen LogP contribution in [0.25, 0.3) is 0 Å². The van der Waals surface area contributed by atoms with Gasteiger partial charge in [0.2, 0.25) is 11.8 Å². The Morgan fingerprint density at radius 3 is 2.52 bits per heavy atom. The van der Waals surface area contributed by atoms with Crippen LogP contribution in [0.4, 0.5) is 0 Å². The summed E-state index contributed by atoms with van der Waals surface area (Å²) in [6.45, 7) is 4.97. The van der Waals surface area contributed by atoms with Crippen LogP contribution in [0.2, 0.25) is 0 Å². The van der Waals surface area contributed by atoms with Gasteiger partial charge in [-0.2, -0.15) is 0 Å². The standard InChI is InChI=1S/C19H29N3O3/c1-4-16(15-8-6-7-9-17(15)25-5-2)21-19(24)13-22(3)12-18(23)20-14-10-11-14/h6-9,14,16H,4-5,10-13H2,1-3H3,(H,20,23)(H,21,24). The molecular weight excluding hydrogens is 318 g/mol. The van der Waals surface area contributed by atoms with E-state index in [1.807, 2.05) is 38.1 Å². The third kappa shape index (κ3) is 6.38. The van der Waals surface area contributed by atoms with Gasteiger partial charge in [-0.25, -0.2) is 0 Å². The summed E-state index contributed by atoms with van der Waals surface area (Å²) in [5.41, 5.74) is 0.981. The predicted molar refractivity (Wildman–Crippen MR) is 97.4 cm³/mol. The number of hydrogen-bond donors (Lipinski definition) is 2. The second-order valence-electron chi connectivity index (χ2n) is 6.51. The maximum atomic E-state index is 12.4. The molecule has 6 nitrogen and oxygen atoms in total. The highest BCUT2D eigenvalue weighted by atomic mass is 16.5. The molecule has 1 aliphatic rings. The molecule has 1 saturated carbocycles. The summed E-state index contributed by atoms with van der Waals surface area (Å²) in [5.74, 6) is 0.681. The fraction of sp³-hybridized carbons (Fsp3) is 0.579. The molecule has 2 rings (SSSR count). The number of para-hydroxylation sites is 1. The number of amides is 2. The first-order valence-corrected chi connectivity index (χ1v) is 9.02. The molecule has 0 aromatic heterocycles. The SMILES string of the molecule is CCOc1ccccc1C(CC)NC(=O)CN(C)CC(=O)NC1CC1. The molecule has 2 amide bonds. The molecule has 1 atom stereocenters. The Labute approximate surface area is 149 Å². The summed E-state index contributed by atoms with van der Waals surface area (Å²) >= 11 is 0. The van der Waals surface area contributed by atoms with Gasteiger partial charge in [0, 0.05) is 11.6 Å². The Kier molecular flexibility index (Phi) is 7.25. The Morgan fingerprint density at radius 1 is 1.20 bits per heavy atom. The van der Waals surface area contributed by atoms with Gasteiger partial charge in [0.25, 0.3) is 0 Å². The molecule has 1 aromatic rings. The van der Waals surface area contributed by atoms with Crippen molar-refractivity contribution in [1.29, 1.82) is 0 Å². The number of likely N-dealkylation sites (N-methyl/N-ethyl adjacent to an activating group) is 1. The summed E-state index contributed by atoms with van der Waals surface area (Å²) in [4.78, 5) is 25.9. The molecule has 25 heavy (non-hydrogen) atoms. The molecule has 0 radical (unpaired) electrons. The summed E-state index contributed by atoms with van der Waals surface area (Å²) in [7, 11) is 1.78. The van der Waals surface area contributed by atoms with Crippen molar-refractivity contribution >= 4 is 11.8 Å². The van der Waals surface area contributed by atoms with Gasteiger partial charge in [-0.3, -0.25) is 14.5 Å². The van der Waals surface area contributed by atoms with Crippen molar-refractivity contribution in [2.75, 3.05) is 26.7 Å². The van der Waals surface area contributed by atoms with Crippen LogP contribution in [0, 0.1) is 0 Å². The van der Waals surface area contributed by atoms with E-state index in [0.29, 0.717) is 12.6 Å².